The summed E-state index contributed by atoms with van der Waals surface area (Å²) in [4.78, 5) is 12.5. The summed E-state index contributed by atoms with van der Waals surface area (Å²) < 4.78 is 5.62. The molecule has 0 saturated carbocycles. The Hall–Kier alpha value is -2.63. The highest BCUT2D eigenvalue weighted by atomic mass is 16.4. The second-order valence-electron chi connectivity index (χ2n) is 5.24. The van der Waals surface area contributed by atoms with Gasteiger partial charge in [0.15, 0.2) is 0 Å². The summed E-state index contributed by atoms with van der Waals surface area (Å²) in [6, 6.07) is 9.89. The minimum absolute atomic E-state index is 0.494. The molecule has 1 aromatic heterocycles. The molecule has 22 heavy (non-hydrogen) atoms. The Bertz CT molecular complexity index is 696. The number of aryl methyl sites for hydroxylation is 1. The minimum Gasteiger partial charge on any atom is -0.465 e. The number of carbonyl (C=O) groups is 1. The Morgan fingerprint density at radius 3 is 2.41 bits per heavy atom. The van der Waals surface area contributed by atoms with Crippen molar-refractivity contribution in [1.82, 2.24) is 15.1 Å². The number of benzene rings is 1. The predicted molar refractivity (Wildman–Crippen MR) is 80.3 cm³/mol. The van der Waals surface area contributed by atoms with Gasteiger partial charge in [-0.2, -0.15) is 0 Å². The number of aromatic nitrogens is 2. The van der Waals surface area contributed by atoms with Gasteiger partial charge in [0.2, 0.25) is 11.8 Å². The topological polar surface area (TPSA) is 79.5 Å². The van der Waals surface area contributed by atoms with E-state index in [0.717, 1.165) is 16.7 Å². The Kier molecular flexibility index (Phi) is 3.91. The maximum Gasteiger partial charge on any atom is 0.407 e. The first-order valence-corrected chi connectivity index (χ1v) is 7.21. The normalized spacial score (nSPS) is 15.0. The number of hydrogen-bond donors (Lipinski definition) is 1. The second kappa shape index (κ2) is 6.01. The van der Waals surface area contributed by atoms with E-state index in [2.05, 4.69) is 10.2 Å². The summed E-state index contributed by atoms with van der Waals surface area (Å²) in [5, 5.41) is 17.1. The molecule has 6 heteroatoms. The minimum atomic E-state index is -0.867. The van der Waals surface area contributed by atoms with E-state index < -0.39 is 6.09 Å². The highest BCUT2D eigenvalue weighted by Crippen LogP contribution is 2.31. The second-order valence-corrected chi connectivity index (χ2v) is 5.24. The van der Waals surface area contributed by atoms with Gasteiger partial charge < -0.3 is 14.4 Å². The Morgan fingerprint density at radius 1 is 1.18 bits per heavy atom. The van der Waals surface area contributed by atoms with Crippen LogP contribution >= 0.6 is 0 Å². The highest BCUT2D eigenvalue weighted by Gasteiger charge is 2.23. The van der Waals surface area contributed by atoms with Gasteiger partial charge in [0, 0.05) is 25.6 Å². The molecular weight excluding hydrogens is 282 g/mol. The molecule has 0 unspecified atom stereocenters. The predicted octanol–water partition coefficient (Wildman–Crippen LogP) is 2.95. The molecule has 1 aliphatic rings. The maximum atomic E-state index is 11.0. The highest BCUT2D eigenvalue weighted by molar-refractivity contribution is 5.78. The average Bonchev–Trinajstić information content (AvgIpc) is 2.95. The lowest BCUT2D eigenvalue weighted by molar-refractivity contribution is 0.141. The molecule has 0 spiro atoms. The van der Waals surface area contributed by atoms with Crippen LogP contribution in [0.3, 0.4) is 0 Å². The van der Waals surface area contributed by atoms with Crippen molar-refractivity contribution in [3.8, 4) is 0 Å². The van der Waals surface area contributed by atoms with Crippen LogP contribution in [0.25, 0.3) is 5.57 Å². The van der Waals surface area contributed by atoms with Crippen molar-refractivity contribution >= 4 is 11.7 Å². The smallest absolute Gasteiger partial charge is 0.407 e. The fraction of sp³-hybridized carbons (Fsp3) is 0.312. The first kappa shape index (κ1) is 14.3. The number of rotatable bonds is 2. The van der Waals surface area contributed by atoms with Crippen molar-refractivity contribution in [2.45, 2.75) is 19.8 Å². The first-order chi connectivity index (χ1) is 10.6. The Balaban J connectivity index is 1.99. The van der Waals surface area contributed by atoms with Crippen LogP contribution < -0.4 is 0 Å². The first-order valence-electron chi connectivity index (χ1n) is 7.21. The van der Waals surface area contributed by atoms with Gasteiger partial charge in [-0.05, 0) is 18.4 Å². The van der Waals surface area contributed by atoms with Gasteiger partial charge >= 0.3 is 6.09 Å². The molecule has 1 fully saturated rings. The fourth-order valence-electron chi connectivity index (χ4n) is 2.70. The van der Waals surface area contributed by atoms with E-state index >= 15 is 0 Å². The standard InChI is InChI=1S/C16H17N3O3/c1-11-17-18-15(22-11)14(12-5-3-2-4-6-12)13-7-9-19(10-8-13)16(20)21/h2-6H,7-10H2,1H3,(H,20,21). The van der Waals surface area contributed by atoms with Crippen LogP contribution in [0.1, 0.15) is 30.2 Å². The molecule has 0 radical (unpaired) electrons. The molecule has 6 nitrogen and oxygen atoms in total. The van der Waals surface area contributed by atoms with Crippen LogP contribution in [0, 0.1) is 6.92 Å². The fourth-order valence-corrected chi connectivity index (χ4v) is 2.70. The lowest BCUT2D eigenvalue weighted by Crippen LogP contribution is -2.35. The molecule has 0 atom stereocenters. The molecule has 2 heterocycles. The molecule has 1 amide bonds. The molecule has 3 rings (SSSR count). The van der Waals surface area contributed by atoms with E-state index in [9.17, 15) is 4.79 Å². The number of carboxylic acid groups (broad SMARTS) is 1. The molecule has 1 aromatic carbocycles. The summed E-state index contributed by atoms with van der Waals surface area (Å²) in [6.07, 6.45) is 0.490. The summed E-state index contributed by atoms with van der Waals surface area (Å²) in [5.74, 6) is 1.02. The van der Waals surface area contributed by atoms with Gasteiger partial charge in [0.05, 0.1) is 0 Å². The number of piperidine rings is 1. The van der Waals surface area contributed by atoms with E-state index in [1.807, 2.05) is 30.3 Å². The largest absolute Gasteiger partial charge is 0.465 e. The van der Waals surface area contributed by atoms with Crippen LogP contribution in [0.4, 0.5) is 4.79 Å². The van der Waals surface area contributed by atoms with Crippen LogP contribution in [0.2, 0.25) is 0 Å². The van der Waals surface area contributed by atoms with Crippen molar-refractivity contribution in [3.63, 3.8) is 0 Å². The lowest BCUT2D eigenvalue weighted by Gasteiger charge is -2.27. The third-order valence-corrected chi connectivity index (χ3v) is 3.79. The number of likely N-dealkylation sites (tertiary alicyclic amines) is 1. The zero-order chi connectivity index (χ0) is 15.5. The van der Waals surface area contributed by atoms with Crippen LogP contribution in [0.5, 0.6) is 0 Å². The van der Waals surface area contributed by atoms with E-state index in [4.69, 9.17) is 9.52 Å². The molecule has 0 bridgehead atoms. The van der Waals surface area contributed by atoms with Gasteiger partial charge in [-0.15, -0.1) is 10.2 Å². The molecule has 2 aromatic rings. The summed E-state index contributed by atoms with van der Waals surface area (Å²) in [7, 11) is 0. The molecule has 1 saturated heterocycles. The zero-order valence-electron chi connectivity index (χ0n) is 12.3. The summed E-state index contributed by atoms with van der Waals surface area (Å²) >= 11 is 0. The molecule has 0 aliphatic carbocycles. The average molecular weight is 299 g/mol. The van der Waals surface area contributed by atoms with Gasteiger partial charge in [-0.3, -0.25) is 0 Å². The van der Waals surface area contributed by atoms with Gasteiger partial charge in [-0.25, -0.2) is 4.79 Å². The number of hydrogen-bond acceptors (Lipinski definition) is 4. The van der Waals surface area contributed by atoms with Crippen molar-refractivity contribution < 1.29 is 14.3 Å². The molecule has 114 valence electrons. The van der Waals surface area contributed by atoms with Gasteiger partial charge in [-0.1, -0.05) is 35.9 Å². The van der Waals surface area contributed by atoms with E-state index in [1.54, 1.807) is 6.92 Å². The van der Waals surface area contributed by atoms with E-state index in [0.29, 0.717) is 37.7 Å². The van der Waals surface area contributed by atoms with Crippen molar-refractivity contribution in [2.75, 3.05) is 13.1 Å². The summed E-state index contributed by atoms with van der Waals surface area (Å²) in [6.45, 7) is 2.75. The van der Waals surface area contributed by atoms with E-state index in [-0.39, 0.29) is 0 Å². The van der Waals surface area contributed by atoms with Crippen molar-refractivity contribution in [3.05, 3.63) is 53.2 Å². The molecule has 1 aliphatic heterocycles. The molecular formula is C16H17N3O3. The van der Waals surface area contributed by atoms with Gasteiger partial charge in [0.25, 0.3) is 0 Å². The van der Waals surface area contributed by atoms with Crippen LogP contribution in [0.15, 0.2) is 40.3 Å². The SMILES string of the molecule is Cc1nnc(C(=C2CCN(C(=O)O)CC2)c2ccccc2)o1. The Labute approximate surface area is 128 Å². The molecule has 1 N–H and O–H groups in total. The lowest BCUT2D eigenvalue weighted by atomic mass is 9.93. The third kappa shape index (κ3) is 2.86. The van der Waals surface area contributed by atoms with E-state index in [1.165, 1.54) is 4.90 Å². The quantitative estimate of drug-likeness (QED) is 0.922. The summed E-state index contributed by atoms with van der Waals surface area (Å²) in [5.41, 5.74) is 3.11. The third-order valence-electron chi connectivity index (χ3n) is 3.79. The van der Waals surface area contributed by atoms with Crippen LogP contribution in [-0.4, -0.2) is 39.4 Å². The monoisotopic (exact) mass is 299 g/mol. The van der Waals surface area contributed by atoms with Crippen molar-refractivity contribution in [2.24, 2.45) is 0 Å². The van der Waals surface area contributed by atoms with Gasteiger partial charge in [0.1, 0.15) is 0 Å². The number of nitrogens with zero attached hydrogens (tertiary/aromatic N) is 3. The zero-order valence-corrected chi connectivity index (χ0v) is 12.3. The Morgan fingerprint density at radius 2 is 1.86 bits per heavy atom. The number of amides is 1. The van der Waals surface area contributed by atoms with Crippen molar-refractivity contribution in [1.29, 1.82) is 0 Å². The maximum absolute atomic E-state index is 11.0. The van der Waals surface area contributed by atoms with Crippen LogP contribution in [-0.2, 0) is 0 Å².